The second kappa shape index (κ2) is 8.00. The molecule has 2 unspecified atom stereocenters. The minimum absolute atomic E-state index is 0.164. The molecule has 0 bridgehead atoms. The molecule has 1 rings (SSSR count). The summed E-state index contributed by atoms with van der Waals surface area (Å²) >= 11 is 1.82. The van der Waals surface area contributed by atoms with E-state index in [1.807, 2.05) is 11.3 Å². The summed E-state index contributed by atoms with van der Waals surface area (Å²) in [7, 11) is 1.75. The fourth-order valence-electron chi connectivity index (χ4n) is 2.42. The van der Waals surface area contributed by atoms with Crippen molar-refractivity contribution in [2.75, 3.05) is 20.3 Å². The lowest BCUT2D eigenvalue weighted by atomic mass is 9.99. The Morgan fingerprint density at radius 2 is 2.11 bits per heavy atom. The molecular formula is C15H28N2OS. The fraction of sp³-hybridized carbons (Fsp3) is 0.733. The van der Waals surface area contributed by atoms with Gasteiger partial charge >= 0.3 is 0 Å². The number of thiophene rings is 1. The average Bonchev–Trinajstić information content (AvgIpc) is 2.79. The molecule has 1 aromatic rings. The van der Waals surface area contributed by atoms with Crippen LogP contribution in [0.2, 0.25) is 0 Å². The van der Waals surface area contributed by atoms with Crippen LogP contribution in [0.15, 0.2) is 11.4 Å². The van der Waals surface area contributed by atoms with Gasteiger partial charge in [-0.3, -0.25) is 4.90 Å². The van der Waals surface area contributed by atoms with E-state index < -0.39 is 0 Å². The van der Waals surface area contributed by atoms with Crippen LogP contribution in [0, 0.1) is 6.92 Å². The molecule has 0 spiro atoms. The molecule has 0 saturated carbocycles. The van der Waals surface area contributed by atoms with E-state index in [1.54, 1.807) is 7.11 Å². The van der Waals surface area contributed by atoms with Gasteiger partial charge in [-0.15, -0.1) is 11.3 Å². The highest BCUT2D eigenvalue weighted by Gasteiger charge is 2.29. The summed E-state index contributed by atoms with van der Waals surface area (Å²) in [6.45, 7) is 10.5. The first kappa shape index (κ1) is 16.6. The molecule has 110 valence electrons. The summed E-state index contributed by atoms with van der Waals surface area (Å²) in [5.41, 5.74) is 7.76. The normalized spacial score (nSPS) is 15.2. The summed E-state index contributed by atoms with van der Waals surface area (Å²) in [5, 5.41) is 2.16. The number of aryl methyl sites for hydroxylation is 1. The van der Waals surface area contributed by atoms with Gasteiger partial charge in [0.2, 0.25) is 0 Å². The van der Waals surface area contributed by atoms with Crippen molar-refractivity contribution >= 4 is 11.3 Å². The Hall–Kier alpha value is -0.420. The Balaban J connectivity index is 3.03. The summed E-state index contributed by atoms with van der Waals surface area (Å²) < 4.78 is 5.25. The zero-order valence-corrected chi connectivity index (χ0v) is 13.7. The molecule has 0 aliphatic rings. The largest absolute Gasteiger partial charge is 0.383 e. The molecular weight excluding hydrogens is 256 g/mol. The molecule has 19 heavy (non-hydrogen) atoms. The lowest BCUT2D eigenvalue weighted by Gasteiger charge is -2.38. The lowest BCUT2D eigenvalue weighted by Crippen LogP contribution is -2.45. The molecule has 0 fully saturated rings. The van der Waals surface area contributed by atoms with Gasteiger partial charge in [-0.1, -0.05) is 6.92 Å². The Kier molecular flexibility index (Phi) is 7.00. The summed E-state index contributed by atoms with van der Waals surface area (Å²) in [5.74, 6) is 0. The summed E-state index contributed by atoms with van der Waals surface area (Å²) in [6.07, 6.45) is 0.984. The van der Waals surface area contributed by atoms with Gasteiger partial charge in [-0.25, -0.2) is 0 Å². The van der Waals surface area contributed by atoms with Crippen LogP contribution in [0.3, 0.4) is 0 Å². The molecule has 0 amide bonds. The van der Waals surface area contributed by atoms with Crippen molar-refractivity contribution in [3.05, 3.63) is 21.9 Å². The first-order valence-corrected chi connectivity index (χ1v) is 7.95. The Labute approximate surface area is 121 Å². The molecule has 0 saturated heterocycles. The van der Waals surface area contributed by atoms with Crippen LogP contribution in [0.5, 0.6) is 0 Å². The van der Waals surface area contributed by atoms with Crippen molar-refractivity contribution in [1.29, 1.82) is 0 Å². The Bertz CT molecular complexity index is 365. The van der Waals surface area contributed by atoms with Crippen LogP contribution in [-0.2, 0) is 4.74 Å². The second-order valence-electron chi connectivity index (χ2n) is 5.31. The standard InChI is InChI=1S/C15H28N2OS/c1-6-13(16)14(15-12(4)7-10-19-15)17(11(2)3)8-9-18-5/h7,10-11,13-14H,6,8-9,16H2,1-5H3. The van der Waals surface area contributed by atoms with Gasteiger partial charge in [0.05, 0.1) is 12.6 Å². The van der Waals surface area contributed by atoms with Gasteiger partial charge in [0.25, 0.3) is 0 Å². The number of ether oxygens (including phenoxy) is 1. The maximum absolute atomic E-state index is 6.41. The monoisotopic (exact) mass is 284 g/mol. The van der Waals surface area contributed by atoms with E-state index in [-0.39, 0.29) is 6.04 Å². The van der Waals surface area contributed by atoms with E-state index in [1.165, 1.54) is 10.4 Å². The zero-order chi connectivity index (χ0) is 14.4. The number of nitrogens with zero attached hydrogens (tertiary/aromatic N) is 1. The number of hydrogen-bond acceptors (Lipinski definition) is 4. The minimum atomic E-state index is 0.164. The maximum atomic E-state index is 6.41. The first-order chi connectivity index (χ1) is 9.02. The van der Waals surface area contributed by atoms with E-state index in [4.69, 9.17) is 10.5 Å². The van der Waals surface area contributed by atoms with Crippen LogP contribution in [-0.4, -0.2) is 37.2 Å². The quantitative estimate of drug-likeness (QED) is 0.797. The van der Waals surface area contributed by atoms with Crippen LogP contribution in [0.25, 0.3) is 0 Å². The number of hydrogen-bond donors (Lipinski definition) is 1. The smallest absolute Gasteiger partial charge is 0.0599 e. The van der Waals surface area contributed by atoms with Crippen molar-refractivity contribution in [1.82, 2.24) is 4.90 Å². The molecule has 0 aromatic carbocycles. The Morgan fingerprint density at radius 1 is 1.42 bits per heavy atom. The molecule has 1 heterocycles. The number of rotatable bonds is 8. The van der Waals surface area contributed by atoms with Gasteiger partial charge in [-0.2, -0.15) is 0 Å². The highest BCUT2D eigenvalue weighted by atomic mass is 32.1. The van der Waals surface area contributed by atoms with Crippen LogP contribution >= 0.6 is 11.3 Å². The van der Waals surface area contributed by atoms with E-state index in [0.717, 1.165) is 19.6 Å². The SMILES string of the molecule is CCC(N)C(c1sccc1C)N(CCOC)C(C)C. The van der Waals surface area contributed by atoms with Gasteiger partial charge in [0, 0.05) is 30.6 Å². The van der Waals surface area contributed by atoms with Crippen LogP contribution < -0.4 is 5.73 Å². The van der Waals surface area contributed by atoms with E-state index in [9.17, 15) is 0 Å². The van der Waals surface area contributed by atoms with Gasteiger partial charge in [0.1, 0.15) is 0 Å². The molecule has 0 aliphatic carbocycles. The van der Waals surface area contributed by atoms with Crippen molar-refractivity contribution < 1.29 is 4.74 Å². The van der Waals surface area contributed by atoms with Gasteiger partial charge in [0.15, 0.2) is 0 Å². The van der Waals surface area contributed by atoms with Crippen molar-refractivity contribution in [2.45, 2.75) is 52.2 Å². The molecule has 3 nitrogen and oxygen atoms in total. The summed E-state index contributed by atoms with van der Waals surface area (Å²) in [4.78, 5) is 3.87. The predicted octanol–water partition coefficient (Wildman–Crippen LogP) is 3.19. The lowest BCUT2D eigenvalue weighted by molar-refractivity contribution is 0.0844. The van der Waals surface area contributed by atoms with Crippen LogP contribution in [0.4, 0.5) is 0 Å². The van der Waals surface area contributed by atoms with E-state index in [0.29, 0.717) is 12.1 Å². The molecule has 1 aromatic heterocycles. The molecule has 2 atom stereocenters. The highest BCUT2D eigenvalue weighted by molar-refractivity contribution is 7.10. The molecule has 0 radical (unpaired) electrons. The topological polar surface area (TPSA) is 38.5 Å². The molecule has 4 heteroatoms. The summed E-state index contributed by atoms with van der Waals surface area (Å²) in [6, 6.07) is 3.10. The number of methoxy groups -OCH3 is 1. The van der Waals surface area contributed by atoms with Crippen molar-refractivity contribution in [3.8, 4) is 0 Å². The number of nitrogens with two attached hydrogens (primary N) is 1. The second-order valence-corrected chi connectivity index (χ2v) is 6.26. The molecule has 2 N–H and O–H groups in total. The van der Waals surface area contributed by atoms with Crippen LogP contribution in [0.1, 0.15) is 43.7 Å². The maximum Gasteiger partial charge on any atom is 0.0599 e. The highest BCUT2D eigenvalue weighted by Crippen LogP contribution is 2.33. The Morgan fingerprint density at radius 3 is 2.53 bits per heavy atom. The van der Waals surface area contributed by atoms with Gasteiger partial charge < -0.3 is 10.5 Å². The van der Waals surface area contributed by atoms with Gasteiger partial charge in [-0.05, 0) is 44.2 Å². The van der Waals surface area contributed by atoms with Crippen molar-refractivity contribution in [2.24, 2.45) is 5.73 Å². The molecule has 0 aliphatic heterocycles. The third kappa shape index (κ3) is 4.28. The zero-order valence-electron chi connectivity index (χ0n) is 12.8. The predicted molar refractivity (Wildman–Crippen MR) is 83.8 cm³/mol. The third-order valence-electron chi connectivity index (χ3n) is 3.62. The van der Waals surface area contributed by atoms with E-state index in [2.05, 4.69) is 44.0 Å². The third-order valence-corrected chi connectivity index (χ3v) is 4.71. The minimum Gasteiger partial charge on any atom is -0.383 e. The first-order valence-electron chi connectivity index (χ1n) is 7.07. The van der Waals surface area contributed by atoms with Crippen molar-refractivity contribution in [3.63, 3.8) is 0 Å². The average molecular weight is 284 g/mol. The van der Waals surface area contributed by atoms with E-state index >= 15 is 0 Å². The fourth-order valence-corrected chi connectivity index (χ4v) is 3.54.